The van der Waals surface area contributed by atoms with E-state index in [4.69, 9.17) is 4.74 Å². The van der Waals surface area contributed by atoms with Gasteiger partial charge in [-0.05, 0) is 24.6 Å². The van der Waals surface area contributed by atoms with Crippen LogP contribution in [0.2, 0.25) is 0 Å². The Morgan fingerprint density at radius 2 is 2.21 bits per heavy atom. The van der Waals surface area contributed by atoms with E-state index in [9.17, 15) is 4.79 Å². The number of carbonyl (C=O) groups excluding carboxylic acids is 1. The quantitative estimate of drug-likeness (QED) is 0.786. The lowest BCUT2D eigenvalue weighted by atomic mass is 10.00. The average molecular weight is 255 g/mol. The van der Waals surface area contributed by atoms with E-state index < -0.39 is 0 Å². The Kier molecular flexibility index (Phi) is 3.56. The third-order valence-corrected chi connectivity index (χ3v) is 3.69. The van der Waals surface area contributed by atoms with Gasteiger partial charge in [-0.2, -0.15) is 0 Å². The molecule has 1 unspecified atom stereocenters. The Hall–Kier alpha value is -1.74. The molecule has 1 aromatic carbocycles. The minimum atomic E-state index is 0.166. The Labute approximate surface area is 112 Å². The van der Waals surface area contributed by atoms with Crippen LogP contribution in [0.25, 0.3) is 10.8 Å². The molecule has 1 aromatic heterocycles. The van der Waals surface area contributed by atoms with Gasteiger partial charge in [-0.3, -0.25) is 9.78 Å². The predicted molar refractivity (Wildman–Crippen MR) is 74.3 cm³/mol. The van der Waals surface area contributed by atoms with Gasteiger partial charge in [-0.1, -0.05) is 24.3 Å². The first-order chi connectivity index (χ1) is 9.34. The molecule has 98 valence electrons. The van der Waals surface area contributed by atoms with Crippen LogP contribution in [0.3, 0.4) is 0 Å². The Bertz CT molecular complexity index is 583. The fourth-order valence-electron chi connectivity index (χ4n) is 2.64. The maximum Gasteiger partial charge on any atom is 0.165 e. The van der Waals surface area contributed by atoms with Crippen LogP contribution in [-0.4, -0.2) is 23.5 Å². The normalized spacial score (nSPS) is 18.8. The van der Waals surface area contributed by atoms with Crippen LogP contribution in [-0.2, 0) is 4.74 Å². The molecule has 3 nitrogen and oxygen atoms in total. The van der Waals surface area contributed by atoms with E-state index in [2.05, 4.69) is 4.98 Å². The molecule has 0 radical (unpaired) electrons. The van der Waals surface area contributed by atoms with Crippen LogP contribution < -0.4 is 0 Å². The van der Waals surface area contributed by atoms with Crippen molar-refractivity contribution < 1.29 is 9.53 Å². The van der Waals surface area contributed by atoms with E-state index in [1.807, 2.05) is 24.3 Å². The molecule has 19 heavy (non-hydrogen) atoms. The van der Waals surface area contributed by atoms with Crippen LogP contribution in [0.1, 0.15) is 36.0 Å². The minimum absolute atomic E-state index is 0.166. The summed E-state index contributed by atoms with van der Waals surface area (Å²) >= 11 is 0. The molecule has 2 heterocycles. The molecule has 1 saturated heterocycles. The summed E-state index contributed by atoms with van der Waals surface area (Å²) in [6.45, 7) is 0.842. The highest BCUT2D eigenvalue weighted by Crippen LogP contribution is 2.21. The summed E-state index contributed by atoms with van der Waals surface area (Å²) in [4.78, 5) is 16.5. The largest absolute Gasteiger partial charge is 0.378 e. The number of benzene rings is 1. The number of pyridine rings is 1. The van der Waals surface area contributed by atoms with Gasteiger partial charge in [0.05, 0.1) is 6.10 Å². The smallest absolute Gasteiger partial charge is 0.165 e. The highest BCUT2D eigenvalue weighted by Gasteiger charge is 2.18. The SMILES string of the molecule is O=C(CCC1CCCO1)c1cncc2ccccc12. The van der Waals surface area contributed by atoms with Gasteiger partial charge in [-0.15, -0.1) is 0 Å². The molecule has 1 aliphatic rings. The second-order valence-electron chi connectivity index (χ2n) is 5.01. The number of rotatable bonds is 4. The van der Waals surface area contributed by atoms with E-state index in [0.717, 1.165) is 42.2 Å². The van der Waals surface area contributed by atoms with Crippen molar-refractivity contribution in [2.24, 2.45) is 0 Å². The summed E-state index contributed by atoms with van der Waals surface area (Å²) in [6.07, 6.45) is 7.32. The van der Waals surface area contributed by atoms with Crippen molar-refractivity contribution in [1.29, 1.82) is 0 Å². The number of aromatic nitrogens is 1. The van der Waals surface area contributed by atoms with Gasteiger partial charge in [0.25, 0.3) is 0 Å². The van der Waals surface area contributed by atoms with Crippen LogP contribution in [0.4, 0.5) is 0 Å². The summed E-state index contributed by atoms with van der Waals surface area (Å²) in [5.74, 6) is 0.166. The van der Waals surface area contributed by atoms with Crippen molar-refractivity contribution in [3.05, 3.63) is 42.2 Å². The number of nitrogens with zero attached hydrogens (tertiary/aromatic N) is 1. The molecular formula is C16H17NO2. The van der Waals surface area contributed by atoms with Crippen molar-refractivity contribution in [3.63, 3.8) is 0 Å². The summed E-state index contributed by atoms with van der Waals surface area (Å²) in [7, 11) is 0. The van der Waals surface area contributed by atoms with Crippen molar-refractivity contribution in [3.8, 4) is 0 Å². The van der Waals surface area contributed by atoms with E-state index in [1.165, 1.54) is 0 Å². The zero-order valence-corrected chi connectivity index (χ0v) is 10.8. The van der Waals surface area contributed by atoms with E-state index in [1.54, 1.807) is 12.4 Å². The topological polar surface area (TPSA) is 39.2 Å². The highest BCUT2D eigenvalue weighted by atomic mass is 16.5. The number of hydrogen-bond donors (Lipinski definition) is 0. The van der Waals surface area contributed by atoms with Crippen LogP contribution in [0, 0.1) is 0 Å². The molecule has 0 spiro atoms. The van der Waals surface area contributed by atoms with Crippen molar-refractivity contribution in [1.82, 2.24) is 4.98 Å². The monoisotopic (exact) mass is 255 g/mol. The summed E-state index contributed by atoms with van der Waals surface area (Å²) < 4.78 is 5.56. The fourth-order valence-corrected chi connectivity index (χ4v) is 2.64. The third-order valence-electron chi connectivity index (χ3n) is 3.69. The van der Waals surface area contributed by atoms with Gasteiger partial charge >= 0.3 is 0 Å². The highest BCUT2D eigenvalue weighted by molar-refractivity contribution is 6.07. The molecule has 3 heteroatoms. The Morgan fingerprint density at radius 1 is 1.32 bits per heavy atom. The van der Waals surface area contributed by atoms with Gasteiger partial charge < -0.3 is 4.74 Å². The minimum Gasteiger partial charge on any atom is -0.378 e. The van der Waals surface area contributed by atoms with E-state index >= 15 is 0 Å². The fraction of sp³-hybridized carbons (Fsp3) is 0.375. The first-order valence-corrected chi connectivity index (χ1v) is 6.82. The summed E-state index contributed by atoms with van der Waals surface area (Å²) in [5, 5.41) is 2.01. The molecule has 1 atom stereocenters. The van der Waals surface area contributed by atoms with Gasteiger partial charge in [0, 0.05) is 36.4 Å². The van der Waals surface area contributed by atoms with Gasteiger partial charge in [0.1, 0.15) is 0 Å². The molecule has 0 bridgehead atoms. The second-order valence-corrected chi connectivity index (χ2v) is 5.01. The second kappa shape index (κ2) is 5.49. The summed E-state index contributed by atoms with van der Waals surface area (Å²) in [5.41, 5.74) is 0.732. The molecule has 3 rings (SSSR count). The van der Waals surface area contributed by atoms with E-state index in [0.29, 0.717) is 6.42 Å². The number of Topliss-reactive ketones (excluding diaryl/α,β-unsaturated/α-hetero) is 1. The lowest BCUT2D eigenvalue weighted by Crippen LogP contribution is -2.09. The number of carbonyl (C=O) groups is 1. The molecule has 0 N–H and O–H groups in total. The van der Waals surface area contributed by atoms with Gasteiger partial charge in [0.15, 0.2) is 5.78 Å². The van der Waals surface area contributed by atoms with Crippen LogP contribution in [0.15, 0.2) is 36.7 Å². The third kappa shape index (κ3) is 2.66. The lowest BCUT2D eigenvalue weighted by Gasteiger charge is -2.09. The lowest BCUT2D eigenvalue weighted by molar-refractivity contribution is 0.0860. The molecule has 0 amide bonds. The maximum absolute atomic E-state index is 12.3. The maximum atomic E-state index is 12.3. The van der Waals surface area contributed by atoms with Gasteiger partial charge in [0.2, 0.25) is 0 Å². The predicted octanol–water partition coefficient (Wildman–Crippen LogP) is 3.38. The Balaban J connectivity index is 1.77. The van der Waals surface area contributed by atoms with Crippen molar-refractivity contribution >= 4 is 16.6 Å². The molecule has 1 aliphatic heterocycles. The number of ketones is 1. The van der Waals surface area contributed by atoms with Crippen LogP contribution in [0.5, 0.6) is 0 Å². The van der Waals surface area contributed by atoms with Gasteiger partial charge in [-0.25, -0.2) is 0 Å². The summed E-state index contributed by atoms with van der Waals surface area (Å²) in [6, 6.07) is 7.89. The number of hydrogen-bond acceptors (Lipinski definition) is 3. The zero-order valence-electron chi connectivity index (χ0n) is 10.8. The van der Waals surface area contributed by atoms with Crippen molar-refractivity contribution in [2.45, 2.75) is 31.8 Å². The van der Waals surface area contributed by atoms with Crippen molar-refractivity contribution in [2.75, 3.05) is 6.61 Å². The van der Waals surface area contributed by atoms with Crippen LogP contribution >= 0.6 is 0 Å². The standard InChI is InChI=1S/C16H17NO2/c18-16(8-7-13-5-3-9-19-13)15-11-17-10-12-4-1-2-6-14(12)15/h1-2,4,6,10-11,13H,3,5,7-9H2. The number of fused-ring (bicyclic) bond motifs is 1. The molecular weight excluding hydrogens is 238 g/mol. The first kappa shape index (κ1) is 12.3. The molecule has 0 saturated carbocycles. The molecule has 0 aliphatic carbocycles. The molecule has 1 fully saturated rings. The molecule has 2 aromatic rings. The Morgan fingerprint density at radius 3 is 3.05 bits per heavy atom. The first-order valence-electron chi connectivity index (χ1n) is 6.82. The van der Waals surface area contributed by atoms with E-state index in [-0.39, 0.29) is 11.9 Å². The average Bonchev–Trinajstić information content (AvgIpc) is 2.97. The zero-order chi connectivity index (χ0) is 13.1. The number of ether oxygens (including phenoxy) is 1.